The summed E-state index contributed by atoms with van der Waals surface area (Å²) in [7, 11) is 0. The molecule has 4 heteroatoms. The molecule has 16 heavy (non-hydrogen) atoms. The molecule has 1 aromatic carbocycles. The molecule has 0 unspecified atom stereocenters. The van der Waals surface area contributed by atoms with Crippen LogP contribution < -0.4 is 0 Å². The first-order valence-corrected chi connectivity index (χ1v) is 4.93. The van der Waals surface area contributed by atoms with Crippen LogP contribution in [-0.4, -0.2) is 20.2 Å². The molecule has 76 valence electrons. The fraction of sp³-hybridized carbons (Fsp3) is 0. The minimum absolute atomic E-state index is 0.604. The van der Waals surface area contributed by atoms with E-state index >= 15 is 0 Å². The Balaban J connectivity index is 2.19. The average molecular weight is 208 g/mol. The topological polar surface area (TPSA) is 51.6 Å². The summed E-state index contributed by atoms with van der Waals surface area (Å²) in [6, 6.07) is 11.5. The molecule has 0 saturated carbocycles. The molecule has 0 N–H and O–H groups in total. The maximum atomic E-state index is 4.43. The van der Waals surface area contributed by atoms with E-state index < -0.39 is 0 Å². The lowest BCUT2D eigenvalue weighted by Gasteiger charge is -1.99. The molecule has 0 aliphatic heterocycles. The van der Waals surface area contributed by atoms with Crippen LogP contribution in [0, 0.1) is 0 Å². The molecule has 3 aromatic rings. The van der Waals surface area contributed by atoms with Crippen LogP contribution in [0.5, 0.6) is 0 Å². The Bertz CT molecular complexity index is 622. The summed E-state index contributed by atoms with van der Waals surface area (Å²) >= 11 is 0. The Labute approximate surface area is 92.0 Å². The Kier molecular flexibility index (Phi) is 2.04. The summed E-state index contributed by atoms with van der Waals surface area (Å²) < 4.78 is 0. The van der Waals surface area contributed by atoms with Gasteiger partial charge in [0, 0.05) is 17.8 Å². The smallest absolute Gasteiger partial charge is 0.180 e. The molecule has 0 saturated heterocycles. The number of aromatic nitrogens is 4. The molecule has 3 rings (SSSR count). The summed E-state index contributed by atoms with van der Waals surface area (Å²) in [5, 5.41) is 8.82. The summed E-state index contributed by atoms with van der Waals surface area (Å²) in [5.74, 6) is 0.604. The summed E-state index contributed by atoms with van der Waals surface area (Å²) in [5.41, 5.74) is 1.60. The lowest BCUT2D eigenvalue weighted by molar-refractivity contribution is 1.02. The molecule has 0 fully saturated rings. The fourth-order valence-corrected chi connectivity index (χ4v) is 1.52. The Hall–Kier alpha value is -2.36. The maximum absolute atomic E-state index is 4.43. The molecule has 2 heterocycles. The Morgan fingerprint density at radius 3 is 2.75 bits per heavy atom. The minimum atomic E-state index is 0.604. The zero-order chi connectivity index (χ0) is 10.8. The van der Waals surface area contributed by atoms with Crippen molar-refractivity contribution in [2.75, 3.05) is 0 Å². The first kappa shape index (κ1) is 8.91. The highest BCUT2D eigenvalue weighted by molar-refractivity contribution is 5.78. The second-order valence-corrected chi connectivity index (χ2v) is 3.36. The highest BCUT2D eigenvalue weighted by Crippen LogP contribution is 2.15. The van der Waals surface area contributed by atoms with Gasteiger partial charge >= 0.3 is 0 Å². The molecular weight excluding hydrogens is 200 g/mol. The van der Waals surface area contributed by atoms with Gasteiger partial charge in [0.05, 0.1) is 5.52 Å². The van der Waals surface area contributed by atoms with E-state index in [0.29, 0.717) is 11.5 Å². The van der Waals surface area contributed by atoms with Crippen molar-refractivity contribution in [3.8, 4) is 11.5 Å². The van der Waals surface area contributed by atoms with Crippen molar-refractivity contribution in [3.63, 3.8) is 0 Å². The molecule has 2 aromatic heterocycles. The predicted molar refractivity (Wildman–Crippen MR) is 60.6 cm³/mol. The summed E-state index contributed by atoms with van der Waals surface area (Å²) in [6.45, 7) is 0. The van der Waals surface area contributed by atoms with Crippen LogP contribution in [0.25, 0.3) is 22.4 Å². The van der Waals surface area contributed by atoms with E-state index in [9.17, 15) is 0 Å². The molecule has 0 radical (unpaired) electrons. The first-order valence-electron chi connectivity index (χ1n) is 4.93. The van der Waals surface area contributed by atoms with E-state index in [0.717, 1.165) is 10.9 Å². The van der Waals surface area contributed by atoms with Gasteiger partial charge in [0.2, 0.25) is 0 Å². The molecule has 0 atom stereocenters. The monoisotopic (exact) mass is 208 g/mol. The average Bonchev–Trinajstić information content (AvgIpc) is 2.39. The Morgan fingerprint density at radius 2 is 1.88 bits per heavy atom. The number of benzene rings is 1. The van der Waals surface area contributed by atoms with Gasteiger partial charge in [0.15, 0.2) is 5.82 Å². The molecule has 0 spiro atoms. The van der Waals surface area contributed by atoms with Crippen LogP contribution in [0.15, 0.2) is 48.8 Å². The van der Waals surface area contributed by atoms with Crippen LogP contribution in [-0.2, 0) is 0 Å². The lowest BCUT2D eigenvalue weighted by atomic mass is 10.2. The SMILES string of the molecule is c1cnnc(-c2ncc3ccccc3n2)c1. The highest BCUT2D eigenvalue weighted by Gasteiger charge is 2.03. The van der Waals surface area contributed by atoms with Crippen LogP contribution in [0.3, 0.4) is 0 Å². The standard InChI is InChI=1S/C12H8N4/c1-2-5-10-9(4-1)8-13-12(15-10)11-6-3-7-14-16-11/h1-8H. The van der Waals surface area contributed by atoms with E-state index in [1.165, 1.54) is 0 Å². The summed E-state index contributed by atoms with van der Waals surface area (Å²) in [4.78, 5) is 8.70. The van der Waals surface area contributed by atoms with Gasteiger partial charge in [-0.05, 0) is 18.2 Å². The van der Waals surface area contributed by atoms with E-state index in [4.69, 9.17) is 0 Å². The van der Waals surface area contributed by atoms with Gasteiger partial charge < -0.3 is 0 Å². The molecule has 0 aliphatic carbocycles. The van der Waals surface area contributed by atoms with Gasteiger partial charge in [-0.1, -0.05) is 18.2 Å². The van der Waals surface area contributed by atoms with Crippen molar-refractivity contribution >= 4 is 10.9 Å². The van der Waals surface area contributed by atoms with E-state index in [1.807, 2.05) is 36.4 Å². The quantitative estimate of drug-likeness (QED) is 0.614. The molecule has 0 bridgehead atoms. The van der Waals surface area contributed by atoms with Crippen LogP contribution in [0.4, 0.5) is 0 Å². The lowest BCUT2D eigenvalue weighted by Crippen LogP contribution is -1.93. The van der Waals surface area contributed by atoms with E-state index in [1.54, 1.807) is 12.4 Å². The first-order chi connectivity index (χ1) is 7.93. The van der Waals surface area contributed by atoms with Crippen LogP contribution in [0.2, 0.25) is 0 Å². The number of rotatable bonds is 1. The molecule has 4 nitrogen and oxygen atoms in total. The van der Waals surface area contributed by atoms with Gasteiger partial charge in [-0.25, -0.2) is 9.97 Å². The van der Waals surface area contributed by atoms with Gasteiger partial charge in [-0.2, -0.15) is 5.10 Å². The third-order valence-electron chi connectivity index (χ3n) is 2.29. The van der Waals surface area contributed by atoms with Crippen molar-refractivity contribution in [1.82, 2.24) is 20.2 Å². The normalized spacial score (nSPS) is 10.5. The van der Waals surface area contributed by atoms with Crippen molar-refractivity contribution in [1.29, 1.82) is 0 Å². The number of nitrogens with zero attached hydrogens (tertiary/aromatic N) is 4. The number of hydrogen-bond acceptors (Lipinski definition) is 4. The number of fused-ring (bicyclic) bond motifs is 1. The maximum Gasteiger partial charge on any atom is 0.180 e. The van der Waals surface area contributed by atoms with Crippen LogP contribution >= 0.6 is 0 Å². The second kappa shape index (κ2) is 3.66. The van der Waals surface area contributed by atoms with E-state index in [-0.39, 0.29) is 0 Å². The molecule has 0 aliphatic rings. The Morgan fingerprint density at radius 1 is 0.938 bits per heavy atom. The van der Waals surface area contributed by atoms with Gasteiger partial charge in [0.25, 0.3) is 0 Å². The largest absolute Gasteiger partial charge is 0.234 e. The van der Waals surface area contributed by atoms with Crippen molar-refractivity contribution in [3.05, 3.63) is 48.8 Å². The van der Waals surface area contributed by atoms with Crippen LogP contribution in [0.1, 0.15) is 0 Å². The molecule has 0 amide bonds. The fourth-order valence-electron chi connectivity index (χ4n) is 1.52. The van der Waals surface area contributed by atoms with Gasteiger partial charge in [0.1, 0.15) is 5.69 Å². The molecular formula is C12H8N4. The van der Waals surface area contributed by atoms with Crippen molar-refractivity contribution < 1.29 is 0 Å². The zero-order valence-corrected chi connectivity index (χ0v) is 8.41. The third kappa shape index (κ3) is 1.50. The van der Waals surface area contributed by atoms with Crippen molar-refractivity contribution in [2.24, 2.45) is 0 Å². The number of hydrogen-bond donors (Lipinski definition) is 0. The number of para-hydroxylation sites is 1. The zero-order valence-electron chi connectivity index (χ0n) is 8.41. The van der Waals surface area contributed by atoms with E-state index in [2.05, 4.69) is 20.2 Å². The minimum Gasteiger partial charge on any atom is -0.234 e. The predicted octanol–water partition coefficient (Wildman–Crippen LogP) is 2.09. The van der Waals surface area contributed by atoms with Gasteiger partial charge in [-0.15, -0.1) is 5.10 Å². The highest BCUT2D eigenvalue weighted by atomic mass is 15.1. The van der Waals surface area contributed by atoms with Gasteiger partial charge in [-0.3, -0.25) is 0 Å². The van der Waals surface area contributed by atoms with Crippen molar-refractivity contribution in [2.45, 2.75) is 0 Å². The second-order valence-electron chi connectivity index (χ2n) is 3.36. The third-order valence-corrected chi connectivity index (χ3v) is 2.29. The summed E-state index contributed by atoms with van der Waals surface area (Å²) in [6.07, 6.45) is 3.43.